The van der Waals surface area contributed by atoms with Crippen LogP contribution in [0.1, 0.15) is 31.0 Å². The molecule has 1 unspecified atom stereocenters. The lowest BCUT2D eigenvalue weighted by Gasteiger charge is -2.26. The number of rotatable bonds is 10. The Labute approximate surface area is 233 Å². The number of aromatic amines is 1. The van der Waals surface area contributed by atoms with E-state index in [1.165, 1.54) is 11.8 Å². The molecule has 2 heterocycles. The zero-order valence-electron chi connectivity index (χ0n) is 23.0. The van der Waals surface area contributed by atoms with Gasteiger partial charge in [-0.1, -0.05) is 23.9 Å². The fraction of sp³-hybridized carbons (Fsp3) is 0.345. The number of fused-ring (bicyclic) bond motifs is 1. The Morgan fingerprint density at radius 2 is 1.92 bits per heavy atom. The van der Waals surface area contributed by atoms with Crippen molar-refractivity contribution in [3.63, 3.8) is 0 Å². The molecule has 10 heteroatoms. The molecule has 1 atom stereocenters. The van der Waals surface area contributed by atoms with Gasteiger partial charge in [-0.2, -0.15) is 0 Å². The van der Waals surface area contributed by atoms with Gasteiger partial charge in [0.1, 0.15) is 11.8 Å². The van der Waals surface area contributed by atoms with Crippen LogP contribution in [0, 0.1) is 0 Å². The third-order valence-electron chi connectivity index (χ3n) is 6.47. The maximum absolute atomic E-state index is 12.8. The molecule has 0 radical (unpaired) electrons. The summed E-state index contributed by atoms with van der Waals surface area (Å²) in [6.45, 7) is 4.40. The van der Waals surface area contributed by atoms with Crippen LogP contribution in [-0.4, -0.2) is 62.1 Å². The van der Waals surface area contributed by atoms with Gasteiger partial charge >= 0.3 is 5.97 Å². The number of carbonyl (C=O) groups is 2. The summed E-state index contributed by atoms with van der Waals surface area (Å²) >= 11 is 1.31. The van der Waals surface area contributed by atoms with E-state index in [4.69, 9.17) is 14.5 Å². The first-order chi connectivity index (χ1) is 18.8. The number of allylic oxidation sites excluding steroid dienone is 1. The molecule has 0 saturated heterocycles. The highest BCUT2D eigenvalue weighted by Crippen LogP contribution is 2.33. The van der Waals surface area contributed by atoms with Crippen LogP contribution >= 0.6 is 11.8 Å². The number of hydrogen-bond acceptors (Lipinski definition) is 8. The smallest absolute Gasteiger partial charge is 0.338 e. The number of esters is 1. The normalized spacial score (nSPS) is 15.0. The van der Waals surface area contributed by atoms with Crippen LogP contribution in [0.2, 0.25) is 0 Å². The Hall–Kier alpha value is -3.92. The third kappa shape index (κ3) is 6.75. The number of carbonyl (C=O) groups excluding carboxylic acids is 2. The Morgan fingerprint density at radius 3 is 2.62 bits per heavy atom. The predicted octanol–water partition coefficient (Wildman–Crippen LogP) is 4.17. The average molecular weight is 550 g/mol. The molecular formula is C29H35N5O4S. The molecule has 0 aliphatic carbocycles. The molecule has 0 bridgehead atoms. The quantitative estimate of drug-likeness (QED) is 0.326. The summed E-state index contributed by atoms with van der Waals surface area (Å²) < 4.78 is 10.7. The summed E-state index contributed by atoms with van der Waals surface area (Å²) in [6.07, 6.45) is 2.66. The first-order valence-corrected chi connectivity index (χ1v) is 13.8. The van der Waals surface area contributed by atoms with Crippen molar-refractivity contribution in [2.75, 3.05) is 45.0 Å². The first kappa shape index (κ1) is 28.1. The van der Waals surface area contributed by atoms with E-state index in [0.717, 1.165) is 33.5 Å². The number of aliphatic imine (C=N–C) groups is 1. The third-order valence-corrected chi connectivity index (χ3v) is 7.36. The average Bonchev–Trinajstić information content (AvgIpc) is 3.33. The number of benzene rings is 2. The zero-order chi connectivity index (χ0) is 27.9. The van der Waals surface area contributed by atoms with Gasteiger partial charge in [0.2, 0.25) is 5.91 Å². The second kappa shape index (κ2) is 12.8. The molecule has 0 fully saturated rings. The fourth-order valence-corrected chi connectivity index (χ4v) is 5.18. The number of amides is 1. The number of ether oxygens (including phenoxy) is 2. The van der Waals surface area contributed by atoms with Crippen molar-refractivity contribution in [1.29, 1.82) is 0 Å². The minimum atomic E-state index is -0.522. The first-order valence-electron chi connectivity index (χ1n) is 12.8. The highest BCUT2D eigenvalue weighted by atomic mass is 32.2. The molecule has 2 aromatic carbocycles. The Morgan fingerprint density at radius 1 is 1.15 bits per heavy atom. The second-order valence-electron chi connectivity index (χ2n) is 9.32. The van der Waals surface area contributed by atoms with Crippen LogP contribution in [0.4, 0.5) is 5.69 Å². The summed E-state index contributed by atoms with van der Waals surface area (Å²) in [5.41, 5.74) is 5.22. The van der Waals surface area contributed by atoms with Gasteiger partial charge in [0.25, 0.3) is 0 Å². The van der Waals surface area contributed by atoms with Crippen molar-refractivity contribution in [2.45, 2.75) is 26.3 Å². The molecule has 4 rings (SSSR count). The molecular weight excluding hydrogens is 514 g/mol. The Kier molecular flexibility index (Phi) is 9.19. The van der Waals surface area contributed by atoms with Crippen LogP contribution in [0.15, 0.2) is 64.9 Å². The minimum Gasteiger partial charge on any atom is -0.497 e. The molecule has 206 valence electrons. The zero-order valence-corrected chi connectivity index (χ0v) is 23.8. The van der Waals surface area contributed by atoms with Gasteiger partial charge in [0.05, 0.1) is 25.0 Å². The Balaban J connectivity index is 1.39. The molecule has 1 aliphatic rings. The van der Waals surface area contributed by atoms with Crippen LogP contribution in [-0.2, 0) is 20.7 Å². The summed E-state index contributed by atoms with van der Waals surface area (Å²) in [6, 6.07) is 13.3. The van der Waals surface area contributed by atoms with Gasteiger partial charge in [0.15, 0.2) is 5.17 Å². The highest BCUT2D eigenvalue weighted by Gasteiger charge is 2.30. The number of methoxy groups -OCH3 is 1. The molecule has 39 heavy (non-hydrogen) atoms. The van der Waals surface area contributed by atoms with Crippen molar-refractivity contribution < 1.29 is 19.1 Å². The molecule has 1 aromatic heterocycles. The number of H-pyrrole nitrogens is 1. The topological polar surface area (TPSA) is 108 Å². The lowest BCUT2D eigenvalue weighted by atomic mass is 9.96. The second-order valence-corrected chi connectivity index (χ2v) is 10.3. The Bertz CT molecular complexity index is 1390. The van der Waals surface area contributed by atoms with E-state index in [-0.39, 0.29) is 18.3 Å². The van der Waals surface area contributed by atoms with Crippen molar-refractivity contribution in [1.82, 2.24) is 15.6 Å². The molecule has 1 amide bonds. The monoisotopic (exact) mass is 549 g/mol. The number of anilines is 1. The van der Waals surface area contributed by atoms with E-state index in [1.54, 1.807) is 14.0 Å². The molecule has 3 N–H and O–H groups in total. The van der Waals surface area contributed by atoms with Crippen LogP contribution in [0.25, 0.3) is 10.9 Å². The number of nitrogens with one attached hydrogen (secondary N) is 3. The minimum absolute atomic E-state index is 0.0911. The van der Waals surface area contributed by atoms with Gasteiger partial charge in [-0.25, -0.2) is 9.79 Å². The van der Waals surface area contributed by atoms with Gasteiger partial charge in [0, 0.05) is 49.1 Å². The molecule has 9 nitrogen and oxygen atoms in total. The van der Waals surface area contributed by atoms with E-state index in [2.05, 4.69) is 15.6 Å². The lowest BCUT2D eigenvalue weighted by molar-refractivity contribution is -0.139. The van der Waals surface area contributed by atoms with E-state index in [1.807, 2.05) is 74.6 Å². The molecule has 0 saturated carbocycles. The molecule has 1 aliphatic heterocycles. The maximum Gasteiger partial charge on any atom is 0.338 e. The van der Waals surface area contributed by atoms with Gasteiger partial charge < -0.3 is 30.0 Å². The van der Waals surface area contributed by atoms with Gasteiger partial charge in [-0.15, -0.1) is 0 Å². The number of thioether (sulfide) groups is 1. The number of hydrogen-bond donors (Lipinski definition) is 3. The fourth-order valence-electron chi connectivity index (χ4n) is 4.40. The van der Waals surface area contributed by atoms with E-state index in [9.17, 15) is 9.59 Å². The van der Waals surface area contributed by atoms with Crippen LogP contribution in [0.3, 0.4) is 0 Å². The number of aromatic nitrogens is 1. The SMILES string of the molecule is CCOC(=O)C1=C(C)NC(SCC(=O)NCCc2c[nH]c3ccc(OC)cc23)=NC1c1ccc(N(C)C)cc1. The van der Waals surface area contributed by atoms with E-state index >= 15 is 0 Å². The maximum atomic E-state index is 12.8. The van der Waals surface area contributed by atoms with Crippen molar-refractivity contribution in [3.8, 4) is 5.75 Å². The molecule has 3 aromatic rings. The van der Waals surface area contributed by atoms with Crippen molar-refractivity contribution >= 4 is 45.4 Å². The summed E-state index contributed by atoms with van der Waals surface area (Å²) in [7, 11) is 5.60. The van der Waals surface area contributed by atoms with Gasteiger partial charge in [-0.3, -0.25) is 4.79 Å². The van der Waals surface area contributed by atoms with Crippen LogP contribution < -0.4 is 20.3 Å². The highest BCUT2D eigenvalue weighted by molar-refractivity contribution is 8.14. The van der Waals surface area contributed by atoms with Crippen molar-refractivity contribution in [3.05, 3.63) is 71.1 Å². The summed E-state index contributed by atoms with van der Waals surface area (Å²) in [5, 5.41) is 7.85. The molecule has 0 spiro atoms. The van der Waals surface area contributed by atoms with Crippen molar-refractivity contribution in [2.24, 2.45) is 4.99 Å². The van der Waals surface area contributed by atoms with E-state index < -0.39 is 12.0 Å². The largest absolute Gasteiger partial charge is 0.497 e. The van der Waals surface area contributed by atoms with Gasteiger partial charge in [-0.05, 0) is 61.7 Å². The lowest BCUT2D eigenvalue weighted by Crippen LogP contribution is -2.33. The number of amidine groups is 1. The number of nitrogens with zero attached hydrogens (tertiary/aromatic N) is 2. The standard InChI is InChI=1S/C29H35N5O4S/c1-6-38-28(36)26-18(2)32-29(33-27(26)19-7-9-21(10-8-19)34(3)4)39-17-25(35)30-14-13-20-16-31-24-12-11-22(37-5)15-23(20)24/h7-12,15-16,27,31H,6,13-14,17H2,1-5H3,(H,30,35)(H,32,33). The van der Waals surface area contributed by atoms with E-state index in [0.29, 0.717) is 29.4 Å². The summed E-state index contributed by atoms with van der Waals surface area (Å²) in [4.78, 5) is 35.5. The van der Waals surface area contributed by atoms with Crippen LogP contribution in [0.5, 0.6) is 5.75 Å². The summed E-state index contributed by atoms with van der Waals surface area (Å²) in [5.74, 6) is 0.505. The predicted molar refractivity (Wildman–Crippen MR) is 157 cm³/mol.